The summed E-state index contributed by atoms with van der Waals surface area (Å²) in [6.07, 6.45) is 2.46. The molecule has 0 amide bonds. The predicted molar refractivity (Wildman–Crippen MR) is 74.7 cm³/mol. The van der Waals surface area contributed by atoms with Crippen molar-refractivity contribution >= 4 is 16.9 Å². The lowest BCUT2D eigenvalue weighted by molar-refractivity contribution is 0.642. The molecule has 2 nitrogen and oxygen atoms in total. The average molecular weight is 246 g/mol. The van der Waals surface area contributed by atoms with Gasteiger partial charge in [-0.05, 0) is 25.3 Å². The summed E-state index contributed by atoms with van der Waals surface area (Å²) >= 11 is 1.87. The molecule has 90 valence electrons. The van der Waals surface area contributed by atoms with E-state index in [1.54, 1.807) is 0 Å². The van der Waals surface area contributed by atoms with E-state index in [0.717, 1.165) is 5.17 Å². The minimum Gasteiger partial charge on any atom is -0.362 e. The number of benzene rings is 1. The van der Waals surface area contributed by atoms with Crippen LogP contribution in [0.5, 0.6) is 0 Å². The van der Waals surface area contributed by atoms with E-state index in [9.17, 15) is 0 Å². The molecule has 17 heavy (non-hydrogen) atoms. The van der Waals surface area contributed by atoms with E-state index < -0.39 is 0 Å². The van der Waals surface area contributed by atoms with E-state index in [1.165, 1.54) is 24.2 Å². The second-order valence-electron chi connectivity index (χ2n) is 4.94. The first-order valence-electron chi connectivity index (χ1n) is 6.35. The Morgan fingerprint density at radius 2 is 2.12 bits per heavy atom. The van der Waals surface area contributed by atoms with Crippen LogP contribution >= 0.6 is 11.8 Å². The number of nitrogens with zero attached hydrogens (tertiary/aromatic N) is 1. The Morgan fingerprint density at radius 1 is 1.29 bits per heavy atom. The van der Waals surface area contributed by atoms with Gasteiger partial charge in [-0.1, -0.05) is 42.1 Å². The maximum atomic E-state index is 4.82. The summed E-state index contributed by atoms with van der Waals surface area (Å²) in [5, 5.41) is 4.63. The average Bonchev–Trinajstić information content (AvgIpc) is 3.10. The molecule has 1 aliphatic carbocycles. The van der Waals surface area contributed by atoms with E-state index in [2.05, 4.69) is 42.6 Å². The maximum absolute atomic E-state index is 4.82. The first kappa shape index (κ1) is 11.1. The highest BCUT2D eigenvalue weighted by atomic mass is 32.2. The molecule has 1 N–H and O–H groups in total. The Labute approximate surface area is 107 Å². The highest BCUT2D eigenvalue weighted by Crippen LogP contribution is 2.43. The second kappa shape index (κ2) is 4.73. The van der Waals surface area contributed by atoms with Crippen molar-refractivity contribution in [3.63, 3.8) is 0 Å². The molecule has 3 heteroatoms. The number of rotatable bonds is 2. The molecule has 1 saturated carbocycles. The molecule has 3 rings (SSSR count). The van der Waals surface area contributed by atoms with Gasteiger partial charge in [-0.3, -0.25) is 4.99 Å². The quantitative estimate of drug-likeness (QED) is 0.867. The largest absolute Gasteiger partial charge is 0.362 e. The summed E-state index contributed by atoms with van der Waals surface area (Å²) in [5.74, 6) is 1.86. The van der Waals surface area contributed by atoms with Crippen LogP contribution in [0, 0.1) is 0 Å². The molecule has 3 atom stereocenters. The fourth-order valence-corrected chi connectivity index (χ4v) is 3.42. The molecule has 0 spiro atoms. The lowest BCUT2D eigenvalue weighted by Gasteiger charge is -2.21. The Morgan fingerprint density at radius 3 is 2.88 bits per heavy atom. The fraction of sp³-hybridized carbons (Fsp3) is 0.500. The van der Waals surface area contributed by atoms with Gasteiger partial charge in [-0.15, -0.1) is 0 Å². The van der Waals surface area contributed by atoms with Gasteiger partial charge >= 0.3 is 0 Å². The van der Waals surface area contributed by atoms with E-state index >= 15 is 0 Å². The molecular formula is C14H18N2S. The molecule has 1 aliphatic heterocycles. The Balaban J connectivity index is 1.63. The van der Waals surface area contributed by atoms with Gasteiger partial charge in [0.1, 0.15) is 0 Å². The van der Waals surface area contributed by atoms with Gasteiger partial charge in [0.25, 0.3) is 0 Å². The molecule has 2 aliphatic rings. The third-order valence-corrected chi connectivity index (χ3v) is 4.36. The van der Waals surface area contributed by atoms with E-state index in [0.29, 0.717) is 18.0 Å². The van der Waals surface area contributed by atoms with Gasteiger partial charge in [0.05, 0.1) is 6.04 Å². The molecule has 1 aromatic carbocycles. The number of hydrogen-bond acceptors (Lipinski definition) is 2. The van der Waals surface area contributed by atoms with Crippen LogP contribution in [0.4, 0.5) is 0 Å². The minimum absolute atomic E-state index is 0.512. The summed E-state index contributed by atoms with van der Waals surface area (Å²) in [6, 6.07) is 11.8. The molecular weight excluding hydrogens is 228 g/mol. The van der Waals surface area contributed by atoms with Crippen LogP contribution in [-0.2, 0) is 0 Å². The standard InChI is InChI=1S/C14H18N2S/c1-10-7-8-17-14(15-10)16-13-9-12(13)11-5-3-2-4-6-11/h2-6,10,12-13H,7-9H2,1H3,(H,15,16). The summed E-state index contributed by atoms with van der Waals surface area (Å²) < 4.78 is 0. The molecule has 1 heterocycles. The van der Waals surface area contributed by atoms with Crippen LogP contribution in [0.15, 0.2) is 35.3 Å². The van der Waals surface area contributed by atoms with Crippen molar-refractivity contribution in [2.45, 2.75) is 37.8 Å². The number of hydrogen-bond donors (Lipinski definition) is 1. The third kappa shape index (κ3) is 2.65. The summed E-state index contributed by atoms with van der Waals surface area (Å²) in [6.45, 7) is 2.23. The summed E-state index contributed by atoms with van der Waals surface area (Å²) in [7, 11) is 0. The topological polar surface area (TPSA) is 24.4 Å². The number of nitrogens with one attached hydrogen (secondary N) is 1. The summed E-state index contributed by atoms with van der Waals surface area (Å²) in [4.78, 5) is 4.82. The second-order valence-corrected chi connectivity index (χ2v) is 6.02. The smallest absolute Gasteiger partial charge is 0.157 e. The van der Waals surface area contributed by atoms with Crippen molar-refractivity contribution in [3.8, 4) is 0 Å². The van der Waals surface area contributed by atoms with Crippen LogP contribution in [0.2, 0.25) is 0 Å². The zero-order chi connectivity index (χ0) is 11.7. The molecule has 1 aromatic rings. The minimum atomic E-state index is 0.512. The Hall–Kier alpha value is -0.960. The van der Waals surface area contributed by atoms with Crippen molar-refractivity contribution in [1.29, 1.82) is 0 Å². The van der Waals surface area contributed by atoms with Crippen LogP contribution in [-0.4, -0.2) is 23.0 Å². The van der Waals surface area contributed by atoms with E-state index in [4.69, 9.17) is 4.99 Å². The summed E-state index contributed by atoms with van der Waals surface area (Å²) in [5.41, 5.74) is 1.44. The Kier molecular flexibility index (Phi) is 3.10. The lowest BCUT2D eigenvalue weighted by atomic mass is 10.1. The van der Waals surface area contributed by atoms with Crippen molar-refractivity contribution in [2.24, 2.45) is 4.99 Å². The molecule has 0 bridgehead atoms. The number of aliphatic imine (C=N–C) groups is 1. The monoisotopic (exact) mass is 246 g/mol. The molecule has 0 aromatic heterocycles. The first-order chi connectivity index (χ1) is 8.33. The van der Waals surface area contributed by atoms with Crippen molar-refractivity contribution in [2.75, 3.05) is 5.75 Å². The van der Waals surface area contributed by atoms with Crippen molar-refractivity contribution < 1.29 is 0 Å². The Bertz CT molecular complexity index is 415. The van der Waals surface area contributed by atoms with Crippen molar-refractivity contribution in [3.05, 3.63) is 35.9 Å². The highest BCUT2D eigenvalue weighted by molar-refractivity contribution is 8.13. The van der Waals surface area contributed by atoms with Crippen LogP contribution in [0.25, 0.3) is 0 Å². The highest BCUT2D eigenvalue weighted by Gasteiger charge is 2.38. The van der Waals surface area contributed by atoms with Gasteiger partial charge in [-0.2, -0.15) is 0 Å². The van der Waals surface area contributed by atoms with Gasteiger partial charge in [0.15, 0.2) is 5.17 Å². The first-order valence-corrected chi connectivity index (χ1v) is 7.33. The lowest BCUT2D eigenvalue weighted by Crippen LogP contribution is -2.35. The van der Waals surface area contributed by atoms with Gasteiger partial charge in [0.2, 0.25) is 0 Å². The SMILES string of the molecule is CC1CCSC(=NC2CC2c2ccccc2)N1. The maximum Gasteiger partial charge on any atom is 0.157 e. The van der Waals surface area contributed by atoms with E-state index in [1.807, 2.05) is 11.8 Å². The number of thioether (sulfide) groups is 1. The zero-order valence-electron chi connectivity index (χ0n) is 10.1. The molecule has 0 radical (unpaired) electrons. The molecule has 2 fully saturated rings. The normalized spacial score (nSPS) is 34.4. The van der Waals surface area contributed by atoms with Gasteiger partial charge in [0, 0.05) is 17.7 Å². The third-order valence-electron chi connectivity index (χ3n) is 3.43. The molecule has 1 saturated heterocycles. The fourth-order valence-electron chi connectivity index (χ4n) is 2.26. The van der Waals surface area contributed by atoms with Crippen molar-refractivity contribution in [1.82, 2.24) is 5.32 Å². The molecule has 3 unspecified atom stereocenters. The van der Waals surface area contributed by atoms with Crippen LogP contribution < -0.4 is 5.32 Å². The number of amidine groups is 1. The van der Waals surface area contributed by atoms with Gasteiger partial charge < -0.3 is 5.32 Å². The van der Waals surface area contributed by atoms with E-state index in [-0.39, 0.29) is 0 Å². The van der Waals surface area contributed by atoms with Crippen LogP contribution in [0.3, 0.4) is 0 Å². The predicted octanol–water partition coefficient (Wildman–Crippen LogP) is 3.01. The zero-order valence-corrected chi connectivity index (χ0v) is 10.9. The van der Waals surface area contributed by atoms with Gasteiger partial charge in [-0.25, -0.2) is 0 Å². The van der Waals surface area contributed by atoms with Crippen LogP contribution in [0.1, 0.15) is 31.2 Å².